The summed E-state index contributed by atoms with van der Waals surface area (Å²) in [5, 5.41) is 20.9. The van der Waals surface area contributed by atoms with Crippen molar-refractivity contribution in [1.29, 1.82) is 0 Å². The average molecular weight is 224 g/mol. The van der Waals surface area contributed by atoms with E-state index in [1.807, 2.05) is 0 Å². The van der Waals surface area contributed by atoms with Gasteiger partial charge in [0.25, 0.3) is 0 Å². The van der Waals surface area contributed by atoms with Crippen molar-refractivity contribution in [2.75, 3.05) is 11.9 Å². The average Bonchev–Trinajstić information content (AvgIpc) is 2.24. The van der Waals surface area contributed by atoms with Crippen LogP contribution in [0.5, 0.6) is 11.5 Å². The topological polar surface area (TPSA) is 95.6 Å². The number of hydrogen-bond acceptors (Lipinski definition) is 4. The fourth-order valence-corrected chi connectivity index (χ4v) is 1.25. The number of nitrogens with one attached hydrogen (secondary N) is 1. The Labute approximate surface area is 93.9 Å². The maximum Gasteiger partial charge on any atom is 0.224 e. The molecule has 0 aliphatic heterocycles. The molecule has 0 heterocycles. The molecule has 0 spiro atoms. The van der Waals surface area contributed by atoms with Crippen molar-refractivity contribution in [3.8, 4) is 11.5 Å². The van der Waals surface area contributed by atoms with Crippen LogP contribution in [0.3, 0.4) is 0 Å². The molecule has 0 aromatic heterocycles. The van der Waals surface area contributed by atoms with Gasteiger partial charge in [-0.3, -0.25) is 4.79 Å². The Morgan fingerprint density at radius 1 is 1.25 bits per heavy atom. The lowest BCUT2D eigenvalue weighted by Crippen LogP contribution is -2.11. The molecule has 5 N–H and O–H groups in total. The summed E-state index contributed by atoms with van der Waals surface area (Å²) in [6.45, 7) is 0.577. The van der Waals surface area contributed by atoms with Crippen LogP contribution < -0.4 is 11.1 Å². The van der Waals surface area contributed by atoms with Gasteiger partial charge in [-0.25, -0.2) is 0 Å². The molecule has 0 unspecified atom stereocenters. The quantitative estimate of drug-likeness (QED) is 0.343. The van der Waals surface area contributed by atoms with E-state index in [1.165, 1.54) is 18.2 Å². The van der Waals surface area contributed by atoms with Gasteiger partial charge in [-0.1, -0.05) is 0 Å². The van der Waals surface area contributed by atoms with Crippen molar-refractivity contribution in [2.45, 2.75) is 19.3 Å². The summed E-state index contributed by atoms with van der Waals surface area (Å²) < 4.78 is 0. The predicted molar refractivity (Wildman–Crippen MR) is 61.3 cm³/mol. The molecule has 0 aliphatic rings. The van der Waals surface area contributed by atoms with Crippen LogP contribution in [0.4, 0.5) is 5.69 Å². The number of benzene rings is 1. The third kappa shape index (κ3) is 3.78. The maximum absolute atomic E-state index is 11.4. The van der Waals surface area contributed by atoms with Gasteiger partial charge >= 0.3 is 0 Å². The first-order valence-electron chi connectivity index (χ1n) is 5.15. The Morgan fingerprint density at radius 2 is 2.00 bits per heavy atom. The smallest absolute Gasteiger partial charge is 0.224 e. The monoisotopic (exact) mass is 224 g/mol. The second-order valence-corrected chi connectivity index (χ2v) is 3.50. The van der Waals surface area contributed by atoms with Crippen molar-refractivity contribution in [2.24, 2.45) is 5.73 Å². The first-order chi connectivity index (χ1) is 7.63. The standard InChI is InChI=1S/C11H16N2O3/c12-6-2-1-3-11(16)13-8-4-5-9(14)10(15)7-8/h4-5,7,14-15H,1-3,6,12H2,(H,13,16). The Morgan fingerprint density at radius 3 is 2.62 bits per heavy atom. The van der Waals surface area contributed by atoms with Gasteiger partial charge in [0, 0.05) is 18.2 Å². The van der Waals surface area contributed by atoms with Crippen LogP contribution in [0.2, 0.25) is 0 Å². The number of anilines is 1. The zero-order valence-electron chi connectivity index (χ0n) is 8.94. The van der Waals surface area contributed by atoms with Gasteiger partial charge in [-0.15, -0.1) is 0 Å². The highest BCUT2D eigenvalue weighted by atomic mass is 16.3. The van der Waals surface area contributed by atoms with E-state index in [4.69, 9.17) is 10.8 Å². The van der Waals surface area contributed by atoms with Crippen molar-refractivity contribution in [3.63, 3.8) is 0 Å². The minimum absolute atomic E-state index is 0.126. The molecule has 0 radical (unpaired) electrons. The van der Waals surface area contributed by atoms with Gasteiger partial charge in [-0.05, 0) is 31.5 Å². The summed E-state index contributed by atoms with van der Waals surface area (Å²) in [7, 11) is 0. The first kappa shape index (κ1) is 12.3. The molecule has 1 rings (SSSR count). The minimum Gasteiger partial charge on any atom is -0.504 e. The molecular weight excluding hydrogens is 208 g/mol. The zero-order chi connectivity index (χ0) is 12.0. The number of carbonyl (C=O) groups excluding carboxylic acids is 1. The number of phenolic OH excluding ortho intramolecular Hbond substituents is 2. The first-order valence-corrected chi connectivity index (χ1v) is 5.15. The van der Waals surface area contributed by atoms with Gasteiger partial charge < -0.3 is 21.3 Å². The number of phenols is 2. The zero-order valence-corrected chi connectivity index (χ0v) is 8.94. The Balaban J connectivity index is 2.46. The molecule has 0 saturated carbocycles. The van der Waals surface area contributed by atoms with Crippen LogP contribution in [-0.2, 0) is 4.79 Å². The fraction of sp³-hybridized carbons (Fsp3) is 0.364. The van der Waals surface area contributed by atoms with E-state index in [2.05, 4.69) is 5.32 Å². The number of unbranched alkanes of at least 4 members (excludes halogenated alkanes) is 1. The second kappa shape index (κ2) is 5.97. The third-order valence-corrected chi connectivity index (χ3v) is 2.12. The maximum atomic E-state index is 11.4. The van der Waals surface area contributed by atoms with E-state index in [9.17, 15) is 9.90 Å². The summed E-state index contributed by atoms with van der Waals surface area (Å²) in [4.78, 5) is 11.4. The van der Waals surface area contributed by atoms with Crippen molar-refractivity contribution >= 4 is 11.6 Å². The molecule has 1 aromatic carbocycles. The Bertz CT molecular complexity index is 366. The van der Waals surface area contributed by atoms with Crippen molar-refractivity contribution in [3.05, 3.63) is 18.2 Å². The molecule has 0 atom stereocenters. The van der Waals surface area contributed by atoms with Gasteiger partial charge in [0.1, 0.15) is 0 Å². The minimum atomic E-state index is -0.250. The molecule has 5 nitrogen and oxygen atoms in total. The number of amides is 1. The lowest BCUT2D eigenvalue weighted by Gasteiger charge is -2.06. The van der Waals surface area contributed by atoms with Crippen LogP contribution in [0.25, 0.3) is 0 Å². The summed E-state index contributed by atoms with van der Waals surface area (Å²) >= 11 is 0. The van der Waals surface area contributed by atoms with Crippen molar-refractivity contribution in [1.82, 2.24) is 0 Å². The summed E-state index contributed by atoms with van der Waals surface area (Å²) in [5.41, 5.74) is 5.78. The van der Waals surface area contributed by atoms with Gasteiger partial charge in [0.15, 0.2) is 11.5 Å². The van der Waals surface area contributed by atoms with Crippen LogP contribution in [-0.4, -0.2) is 22.7 Å². The van der Waals surface area contributed by atoms with E-state index in [1.54, 1.807) is 0 Å². The number of aromatic hydroxyl groups is 2. The number of nitrogens with two attached hydrogens (primary N) is 1. The van der Waals surface area contributed by atoms with Gasteiger partial charge in [0.2, 0.25) is 5.91 Å². The van der Waals surface area contributed by atoms with E-state index in [0.717, 1.165) is 12.8 Å². The molecule has 0 saturated heterocycles. The number of rotatable bonds is 5. The highest BCUT2D eigenvalue weighted by molar-refractivity contribution is 5.91. The normalized spacial score (nSPS) is 10.1. The second-order valence-electron chi connectivity index (χ2n) is 3.50. The third-order valence-electron chi connectivity index (χ3n) is 2.12. The molecule has 1 aromatic rings. The molecule has 0 fully saturated rings. The predicted octanol–water partition coefficient (Wildman–Crippen LogP) is 1.17. The summed E-state index contributed by atoms with van der Waals surface area (Å²) in [6.07, 6.45) is 1.96. The highest BCUT2D eigenvalue weighted by Gasteiger charge is 2.04. The molecule has 0 aliphatic carbocycles. The van der Waals surface area contributed by atoms with Crippen LogP contribution in [0, 0.1) is 0 Å². The van der Waals surface area contributed by atoms with Gasteiger partial charge in [-0.2, -0.15) is 0 Å². The SMILES string of the molecule is NCCCCC(=O)Nc1ccc(O)c(O)c1. The summed E-state index contributed by atoms with van der Waals surface area (Å²) in [5.74, 6) is -0.584. The lowest BCUT2D eigenvalue weighted by molar-refractivity contribution is -0.116. The Kier molecular flexibility index (Phi) is 4.60. The highest BCUT2D eigenvalue weighted by Crippen LogP contribution is 2.27. The van der Waals surface area contributed by atoms with Crippen LogP contribution in [0.1, 0.15) is 19.3 Å². The lowest BCUT2D eigenvalue weighted by atomic mass is 10.2. The molecule has 5 heteroatoms. The van der Waals surface area contributed by atoms with E-state index >= 15 is 0 Å². The molecule has 0 bridgehead atoms. The van der Waals surface area contributed by atoms with E-state index in [-0.39, 0.29) is 17.4 Å². The van der Waals surface area contributed by atoms with Crippen LogP contribution >= 0.6 is 0 Å². The van der Waals surface area contributed by atoms with Crippen molar-refractivity contribution < 1.29 is 15.0 Å². The van der Waals surface area contributed by atoms with Crippen LogP contribution in [0.15, 0.2) is 18.2 Å². The largest absolute Gasteiger partial charge is 0.504 e. The molecule has 1 amide bonds. The van der Waals surface area contributed by atoms with Gasteiger partial charge in [0.05, 0.1) is 0 Å². The Hall–Kier alpha value is -1.75. The molecule has 16 heavy (non-hydrogen) atoms. The number of carbonyl (C=O) groups is 1. The van der Waals surface area contributed by atoms with E-state index < -0.39 is 0 Å². The van der Waals surface area contributed by atoms with E-state index in [0.29, 0.717) is 18.7 Å². The summed E-state index contributed by atoms with van der Waals surface area (Å²) in [6, 6.07) is 4.15. The molecule has 88 valence electrons. The molecular formula is C11H16N2O3. The fourth-order valence-electron chi connectivity index (χ4n) is 1.25. The number of hydrogen-bond donors (Lipinski definition) is 4.